The molecule has 1 aromatic heterocycles. The van der Waals surface area contributed by atoms with Crippen LogP contribution in [0.2, 0.25) is 0 Å². The van der Waals surface area contributed by atoms with Crippen molar-refractivity contribution in [3.8, 4) is 0 Å². The molecule has 0 aliphatic rings. The van der Waals surface area contributed by atoms with Crippen LogP contribution >= 0.6 is 0 Å². The van der Waals surface area contributed by atoms with Crippen LogP contribution < -0.4 is 10.2 Å². The predicted molar refractivity (Wildman–Crippen MR) is 90.5 cm³/mol. The highest BCUT2D eigenvalue weighted by Gasteiger charge is 2.07. The van der Waals surface area contributed by atoms with Gasteiger partial charge in [-0.1, -0.05) is 24.3 Å². The topological polar surface area (TPSA) is 28.2 Å². The molecule has 21 heavy (non-hydrogen) atoms. The quantitative estimate of drug-likeness (QED) is 0.771. The Morgan fingerprint density at radius 3 is 2.52 bits per heavy atom. The van der Waals surface area contributed by atoms with Gasteiger partial charge in [0.15, 0.2) is 0 Å². The fourth-order valence-electron chi connectivity index (χ4n) is 2.49. The number of hydrogen-bond donors (Lipinski definition) is 1. The van der Waals surface area contributed by atoms with Crippen molar-refractivity contribution in [2.45, 2.75) is 6.92 Å². The first-order valence-electron chi connectivity index (χ1n) is 7.04. The number of rotatable bonds is 3. The summed E-state index contributed by atoms with van der Waals surface area (Å²) in [5, 5.41) is 4.67. The Labute approximate surface area is 125 Å². The Bertz CT molecular complexity index is 778. The van der Waals surface area contributed by atoms with Crippen LogP contribution in [-0.2, 0) is 0 Å². The third-order valence-corrected chi connectivity index (χ3v) is 3.50. The van der Waals surface area contributed by atoms with Crippen molar-refractivity contribution in [2.24, 2.45) is 0 Å². The molecule has 0 aliphatic carbocycles. The first-order valence-corrected chi connectivity index (χ1v) is 7.04. The largest absolute Gasteiger partial charge is 0.376 e. The molecule has 0 saturated carbocycles. The smallest absolute Gasteiger partial charge is 0.0936 e. The number of pyridine rings is 1. The molecular weight excluding hydrogens is 258 g/mol. The molecule has 3 aromatic rings. The first-order chi connectivity index (χ1) is 10.1. The summed E-state index contributed by atoms with van der Waals surface area (Å²) in [6, 6.07) is 16.7. The van der Waals surface area contributed by atoms with E-state index in [1.54, 1.807) is 0 Å². The molecular formula is C18H19N3. The van der Waals surface area contributed by atoms with E-state index in [1.165, 1.54) is 5.56 Å². The summed E-state index contributed by atoms with van der Waals surface area (Å²) in [7, 11) is 4.09. The van der Waals surface area contributed by atoms with Crippen LogP contribution in [0, 0.1) is 6.92 Å². The second kappa shape index (κ2) is 5.44. The Morgan fingerprint density at radius 2 is 1.71 bits per heavy atom. The lowest BCUT2D eigenvalue weighted by molar-refractivity contribution is 1.13. The van der Waals surface area contributed by atoms with Crippen molar-refractivity contribution in [3.05, 3.63) is 60.3 Å². The second-order valence-corrected chi connectivity index (χ2v) is 5.43. The molecule has 0 fully saturated rings. The van der Waals surface area contributed by atoms with Gasteiger partial charge in [-0.05, 0) is 36.8 Å². The Hall–Kier alpha value is -2.55. The average Bonchev–Trinajstić information content (AvgIpc) is 2.47. The zero-order valence-electron chi connectivity index (χ0n) is 12.6. The molecule has 0 saturated heterocycles. The highest BCUT2D eigenvalue weighted by Crippen LogP contribution is 2.30. The van der Waals surface area contributed by atoms with Gasteiger partial charge in [0.2, 0.25) is 0 Å². The van der Waals surface area contributed by atoms with Gasteiger partial charge >= 0.3 is 0 Å². The lowest BCUT2D eigenvalue weighted by atomic mass is 10.1. The van der Waals surface area contributed by atoms with Crippen LogP contribution in [0.4, 0.5) is 17.1 Å². The van der Waals surface area contributed by atoms with Crippen molar-refractivity contribution in [3.63, 3.8) is 0 Å². The lowest BCUT2D eigenvalue weighted by Crippen LogP contribution is -2.10. The van der Waals surface area contributed by atoms with Crippen LogP contribution in [0.5, 0.6) is 0 Å². The standard InChI is InChI=1S/C18H19N3/c1-13-11-14-7-6-9-16(18(14)19-12-13)20-15-8-4-5-10-17(15)21(2)3/h4-12,20H,1-3H3. The van der Waals surface area contributed by atoms with E-state index in [0.29, 0.717) is 0 Å². The van der Waals surface area contributed by atoms with Crippen molar-refractivity contribution in [2.75, 3.05) is 24.3 Å². The van der Waals surface area contributed by atoms with Crippen LogP contribution in [0.25, 0.3) is 10.9 Å². The minimum absolute atomic E-state index is 0.997. The molecule has 1 heterocycles. The van der Waals surface area contributed by atoms with E-state index in [1.807, 2.05) is 32.4 Å². The molecule has 0 atom stereocenters. The third kappa shape index (κ3) is 2.68. The molecule has 0 radical (unpaired) electrons. The van der Waals surface area contributed by atoms with Crippen LogP contribution in [-0.4, -0.2) is 19.1 Å². The van der Waals surface area contributed by atoms with E-state index in [4.69, 9.17) is 0 Å². The lowest BCUT2D eigenvalue weighted by Gasteiger charge is -2.19. The zero-order chi connectivity index (χ0) is 14.8. The van der Waals surface area contributed by atoms with Crippen molar-refractivity contribution < 1.29 is 0 Å². The predicted octanol–water partition coefficient (Wildman–Crippen LogP) is 4.35. The van der Waals surface area contributed by atoms with Gasteiger partial charge < -0.3 is 10.2 Å². The van der Waals surface area contributed by atoms with Gasteiger partial charge in [-0.15, -0.1) is 0 Å². The molecule has 0 aliphatic heterocycles. The summed E-state index contributed by atoms with van der Waals surface area (Å²) in [5.74, 6) is 0. The molecule has 0 spiro atoms. The number of para-hydroxylation sites is 3. The van der Waals surface area contributed by atoms with E-state index in [-0.39, 0.29) is 0 Å². The number of anilines is 3. The highest BCUT2D eigenvalue weighted by atomic mass is 15.1. The van der Waals surface area contributed by atoms with Gasteiger partial charge in [-0.3, -0.25) is 4.98 Å². The van der Waals surface area contributed by atoms with Gasteiger partial charge in [-0.2, -0.15) is 0 Å². The molecule has 3 nitrogen and oxygen atoms in total. The van der Waals surface area contributed by atoms with Gasteiger partial charge in [0.25, 0.3) is 0 Å². The number of hydrogen-bond acceptors (Lipinski definition) is 3. The number of benzene rings is 2. The maximum Gasteiger partial charge on any atom is 0.0936 e. The van der Waals surface area contributed by atoms with Crippen molar-refractivity contribution in [1.29, 1.82) is 0 Å². The molecule has 3 heteroatoms. The molecule has 0 bridgehead atoms. The Kier molecular flexibility index (Phi) is 3.48. The van der Waals surface area contributed by atoms with Crippen LogP contribution in [0.15, 0.2) is 54.7 Å². The fraction of sp³-hybridized carbons (Fsp3) is 0.167. The summed E-state index contributed by atoms with van der Waals surface area (Å²) in [6.07, 6.45) is 1.91. The average molecular weight is 277 g/mol. The summed E-state index contributed by atoms with van der Waals surface area (Å²) in [6.45, 7) is 2.06. The van der Waals surface area contributed by atoms with E-state index >= 15 is 0 Å². The number of nitrogens with zero attached hydrogens (tertiary/aromatic N) is 2. The second-order valence-electron chi connectivity index (χ2n) is 5.43. The summed E-state index contributed by atoms with van der Waals surface area (Å²) in [5.41, 5.74) is 5.44. The van der Waals surface area contributed by atoms with E-state index < -0.39 is 0 Å². The van der Waals surface area contributed by atoms with Crippen LogP contribution in [0.3, 0.4) is 0 Å². The van der Waals surface area contributed by atoms with E-state index in [2.05, 4.69) is 58.5 Å². The SMILES string of the molecule is Cc1cnc2c(Nc3ccccc3N(C)C)cccc2c1. The van der Waals surface area contributed by atoms with Gasteiger partial charge in [0.05, 0.1) is 22.6 Å². The van der Waals surface area contributed by atoms with Crippen molar-refractivity contribution in [1.82, 2.24) is 4.98 Å². The monoisotopic (exact) mass is 277 g/mol. The Morgan fingerprint density at radius 1 is 0.952 bits per heavy atom. The van der Waals surface area contributed by atoms with Gasteiger partial charge in [-0.25, -0.2) is 0 Å². The highest BCUT2D eigenvalue weighted by molar-refractivity contribution is 5.93. The first kappa shape index (κ1) is 13.4. The summed E-state index contributed by atoms with van der Waals surface area (Å²) < 4.78 is 0. The molecule has 3 rings (SSSR count). The number of fused-ring (bicyclic) bond motifs is 1. The maximum atomic E-state index is 4.58. The van der Waals surface area contributed by atoms with Gasteiger partial charge in [0.1, 0.15) is 0 Å². The molecule has 2 aromatic carbocycles. The maximum absolute atomic E-state index is 4.58. The summed E-state index contributed by atoms with van der Waals surface area (Å²) >= 11 is 0. The molecule has 0 amide bonds. The number of aromatic nitrogens is 1. The normalized spacial score (nSPS) is 10.6. The number of nitrogens with one attached hydrogen (secondary N) is 1. The van der Waals surface area contributed by atoms with Gasteiger partial charge in [0, 0.05) is 25.7 Å². The van der Waals surface area contributed by atoms with E-state index in [0.717, 1.165) is 28.0 Å². The van der Waals surface area contributed by atoms with Crippen molar-refractivity contribution >= 4 is 28.0 Å². The number of aryl methyl sites for hydroxylation is 1. The molecule has 1 N–H and O–H groups in total. The Balaban J connectivity index is 2.07. The molecule has 106 valence electrons. The molecule has 0 unspecified atom stereocenters. The third-order valence-electron chi connectivity index (χ3n) is 3.50. The fourth-order valence-corrected chi connectivity index (χ4v) is 2.49. The summed E-state index contributed by atoms with van der Waals surface area (Å²) in [4.78, 5) is 6.68. The minimum Gasteiger partial charge on any atom is -0.376 e. The zero-order valence-corrected chi connectivity index (χ0v) is 12.6. The van der Waals surface area contributed by atoms with E-state index in [9.17, 15) is 0 Å². The minimum atomic E-state index is 0.997. The van der Waals surface area contributed by atoms with Crippen LogP contribution in [0.1, 0.15) is 5.56 Å².